The van der Waals surface area contributed by atoms with Crippen LogP contribution in [0.15, 0.2) is 48.8 Å². The Morgan fingerprint density at radius 3 is 2.64 bits per heavy atom. The normalized spacial score (nSPS) is 11.1. The van der Waals surface area contributed by atoms with Gasteiger partial charge < -0.3 is 10.1 Å². The summed E-state index contributed by atoms with van der Waals surface area (Å²) < 4.78 is 17.9. The number of nitrogens with zero attached hydrogens (tertiary/aromatic N) is 2. The molecule has 0 saturated heterocycles. The molecule has 6 heteroatoms. The maximum atomic E-state index is 12.8. The Labute approximate surface area is 127 Å². The van der Waals surface area contributed by atoms with Gasteiger partial charge in [-0.05, 0) is 36.3 Å². The van der Waals surface area contributed by atoms with Crippen LogP contribution in [0.1, 0.15) is 12.5 Å². The molecule has 1 aromatic heterocycles. The molecule has 22 heavy (non-hydrogen) atoms. The van der Waals surface area contributed by atoms with E-state index in [1.165, 1.54) is 18.2 Å². The second kappa shape index (κ2) is 7.87. The molecule has 0 saturated carbocycles. The first-order chi connectivity index (χ1) is 10.6. The third-order valence-corrected chi connectivity index (χ3v) is 2.83. The minimum absolute atomic E-state index is 0.199. The van der Waals surface area contributed by atoms with Gasteiger partial charge in [0.1, 0.15) is 12.4 Å². The summed E-state index contributed by atoms with van der Waals surface area (Å²) in [6, 6.07) is 7.64. The third kappa shape index (κ3) is 4.97. The minimum Gasteiger partial charge on any atom is -0.461 e. The fourth-order valence-corrected chi connectivity index (χ4v) is 1.72. The molecular weight excluding hydrogens is 285 g/mol. The van der Waals surface area contributed by atoms with E-state index < -0.39 is 5.97 Å². The number of esters is 1. The lowest BCUT2D eigenvalue weighted by Gasteiger charge is -2.05. The summed E-state index contributed by atoms with van der Waals surface area (Å²) in [5, 5.41) is 2.93. The van der Waals surface area contributed by atoms with Gasteiger partial charge in [-0.3, -0.25) is 0 Å². The molecule has 1 N–H and O–H groups in total. The quantitative estimate of drug-likeness (QED) is 0.505. The van der Waals surface area contributed by atoms with Crippen molar-refractivity contribution in [2.24, 2.45) is 0 Å². The van der Waals surface area contributed by atoms with Crippen molar-refractivity contribution < 1.29 is 13.9 Å². The SMILES string of the molecule is C/C(=C/C(=O)OCCNc1ncccn1)c1ccc(F)cc1. The number of hydrogen-bond acceptors (Lipinski definition) is 5. The van der Waals surface area contributed by atoms with Gasteiger partial charge in [0.25, 0.3) is 0 Å². The van der Waals surface area contributed by atoms with E-state index in [-0.39, 0.29) is 12.4 Å². The average Bonchev–Trinajstić information content (AvgIpc) is 2.53. The van der Waals surface area contributed by atoms with Gasteiger partial charge >= 0.3 is 5.97 Å². The lowest BCUT2D eigenvalue weighted by atomic mass is 10.1. The maximum absolute atomic E-state index is 12.8. The minimum atomic E-state index is -0.447. The average molecular weight is 301 g/mol. The Morgan fingerprint density at radius 1 is 1.27 bits per heavy atom. The van der Waals surface area contributed by atoms with E-state index in [0.29, 0.717) is 18.1 Å². The summed E-state index contributed by atoms with van der Waals surface area (Å²) in [4.78, 5) is 19.6. The smallest absolute Gasteiger partial charge is 0.331 e. The van der Waals surface area contributed by atoms with Crippen LogP contribution in [0, 0.1) is 5.82 Å². The number of rotatable bonds is 6. The van der Waals surface area contributed by atoms with Crippen LogP contribution >= 0.6 is 0 Å². The fourth-order valence-electron chi connectivity index (χ4n) is 1.72. The Morgan fingerprint density at radius 2 is 1.95 bits per heavy atom. The molecule has 1 heterocycles. The lowest BCUT2D eigenvalue weighted by Crippen LogP contribution is -2.13. The molecule has 0 spiro atoms. The van der Waals surface area contributed by atoms with Crippen molar-refractivity contribution >= 4 is 17.5 Å². The van der Waals surface area contributed by atoms with Crippen LogP contribution in [0.2, 0.25) is 0 Å². The molecular formula is C16H16FN3O2. The molecule has 0 aliphatic heterocycles. The molecule has 1 aromatic carbocycles. The molecule has 0 fully saturated rings. The van der Waals surface area contributed by atoms with Crippen molar-refractivity contribution in [2.75, 3.05) is 18.5 Å². The molecule has 2 rings (SSSR count). The van der Waals surface area contributed by atoms with E-state index in [1.54, 1.807) is 37.5 Å². The van der Waals surface area contributed by atoms with E-state index in [0.717, 1.165) is 5.56 Å². The molecule has 114 valence electrons. The Hall–Kier alpha value is -2.76. The number of nitrogens with one attached hydrogen (secondary N) is 1. The van der Waals surface area contributed by atoms with Gasteiger partial charge in [-0.2, -0.15) is 0 Å². The van der Waals surface area contributed by atoms with Crippen LogP contribution in [0.25, 0.3) is 5.57 Å². The number of aromatic nitrogens is 2. The summed E-state index contributed by atoms with van der Waals surface area (Å²) in [5.74, 6) is -0.275. The molecule has 2 aromatic rings. The maximum Gasteiger partial charge on any atom is 0.331 e. The van der Waals surface area contributed by atoms with Crippen LogP contribution in [-0.4, -0.2) is 29.1 Å². The van der Waals surface area contributed by atoms with E-state index in [2.05, 4.69) is 15.3 Å². The van der Waals surface area contributed by atoms with E-state index >= 15 is 0 Å². The van der Waals surface area contributed by atoms with Crippen molar-refractivity contribution in [3.8, 4) is 0 Å². The highest BCUT2D eigenvalue weighted by atomic mass is 19.1. The fraction of sp³-hybridized carbons (Fsp3) is 0.188. The number of ether oxygens (including phenoxy) is 1. The summed E-state index contributed by atoms with van der Waals surface area (Å²) >= 11 is 0. The predicted octanol–water partition coefficient (Wildman–Crippen LogP) is 2.67. The molecule has 0 radical (unpaired) electrons. The van der Waals surface area contributed by atoms with Crippen molar-refractivity contribution in [1.82, 2.24) is 9.97 Å². The zero-order chi connectivity index (χ0) is 15.8. The monoisotopic (exact) mass is 301 g/mol. The van der Waals surface area contributed by atoms with Crippen LogP contribution < -0.4 is 5.32 Å². The third-order valence-electron chi connectivity index (χ3n) is 2.83. The summed E-state index contributed by atoms with van der Waals surface area (Å²) in [6.45, 7) is 2.38. The van der Waals surface area contributed by atoms with Gasteiger partial charge in [0.05, 0.1) is 6.54 Å². The molecule has 0 aliphatic rings. The Bertz CT molecular complexity index is 642. The molecule has 0 bridgehead atoms. The van der Waals surface area contributed by atoms with Crippen molar-refractivity contribution in [3.05, 3.63) is 60.2 Å². The van der Waals surface area contributed by atoms with Gasteiger partial charge in [-0.25, -0.2) is 19.2 Å². The number of carbonyl (C=O) groups excluding carboxylic acids is 1. The number of hydrogen-bond donors (Lipinski definition) is 1. The largest absolute Gasteiger partial charge is 0.461 e. The van der Waals surface area contributed by atoms with Gasteiger partial charge in [0.15, 0.2) is 0 Å². The van der Waals surface area contributed by atoms with Gasteiger partial charge in [0.2, 0.25) is 5.95 Å². The predicted molar refractivity (Wildman–Crippen MR) is 81.5 cm³/mol. The first kappa shape index (κ1) is 15.6. The van der Waals surface area contributed by atoms with Gasteiger partial charge in [-0.1, -0.05) is 12.1 Å². The summed E-state index contributed by atoms with van der Waals surface area (Å²) in [7, 11) is 0. The molecule has 0 unspecified atom stereocenters. The number of benzene rings is 1. The van der Waals surface area contributed by atoms with Crippen molar-refractivity contribution in [2.45, 2.75) is 6.92 Å². The zero-order valence-electron chi connectivity index (χ0n) is 12.1. The second-order valence-electron chi connectivity index (χ2n) is 4.50. The molecule has 0 amide bonds. The Balaban J connectivity index is 1.77. The molecule has 0 aliphatic carbocycles. The number of anilines is 1. The number of halogens is 1. The lowest BCUT2D eigenvalue weighted by molar-refractivity contribution is -0.137. The van der Waals surface area contributed by atoms with Crippen LogP contribution in [0.4, 0.5) is 10.3 Å². The van der Waals surface area contributed by atoms with E-state index in [9.17, 15) is 9.18 Å². The van der Waals surface area contributed by atoms with E-state index in [4.69, 9.17) is 4.74 Å². The highest BCUT2D eigenvalue weighted by molar-refractivity contribution is 5.90. The zero-order valence-corrected chi connectivity index (χ0v) is 12.1. The summed E-state index contributed by atoms with van der Waals surface area (Å²) in [6.07, 6.45) is 4.62. The first-order valence-electron chi connectivity index (χ1n) is 6.77. The van der Waals surface area contributed by atoms with Crippen molar-refractivity contribution in [3.63, 3.8) is 0 Å². The Kier molecular flexibility index (Phi) is 5.59. The standard InChI is InChI=1S/C16H16FN3O2/c1-12(13-3-5-14(17)6-4-13)11-15(21)22-10-9-20-16-18-7-2-8-19-16/h2-8,11H,9-10H2,1H3,(H,18,19,20)/b12-11-. The van der Waals surface area contributed by atoms with Gasteiger partial charge in [-0.15, -0.1) is 0 Å². The van der Waals surface area contributed by atoms with Crippen LogP contribution in [-0.2, 0) is 9.53 Å². The summed E-state index contributed by atoms with van der Waals surface area (Å²) in [5.41, 5.74) is 1.48. The number of allylic oxidation sites excluding steroid dienone is 1. The van der Waals surface area contributed by atoms with Gasteiger partial charge in [0, 0.05) is 18.5 Å². The second-order valence-corrected chi connectivity index (χ2v) is 4.50. The van der Waals surface area contributed by atoms with Crippen LogP contribution in [0.3, 0.4) is 0 Å². The number of carbonyl (C=O) groups is 1. The van der Waals surface area contributed by atoms with Crippen molar-refractivity contribution in [1.29, 1.82) is 0 Å². The highest BCUT2D eigenvalue weighted by Crippen LogP contribution is 2.14. The molecule has 0 atom stereocenters. The van der Waals surface area contributed by atoms with E-state index in [1.807, 2.05) is 0 Å². The molecule has 5 nitrogen and oxygen atoms in total. The van der Waals surface area contributed by atoms with Crippen LogP contribution in [0.5, 0.6) is 0 Å². The first-order valence-corrected chi connectivity index (χ1v) is 6.77. The topological polar surface area (TPSA) is 64.1 Å². The highest BCUT2D eigenvalue weighted by Gasteiger charge is 2.02.